The van der Waals surface area contributed by atoms with Gasteiger partial charge in [-0.1, -0.05) is 19.9 Å². The van der Waals surface area contributed by atoms with E-state index in [4.69, 9.17) is 0 Å². The van der Waals surface area contributed by atoms with Gasteiger partial charge >= 0.3 is 6.18 Å². The van der Waals surface area contributed by atoms with E-state index < -0.39 is 24.7 Å². The number of nitrogens with one attached hydrogen (secondary N) is 1. The summed E-state index contributed by atoms with van der Waals surface area (Å²) in [6, 6.07) is 3.84. The molecule has 0 radical (unpaired) electrons. The molecule has 0 bridgehead atoms. The van der Waals surface area contributed by atoms with Gasteiger partial charge in [0.15, 0.2) is 6.61 Å². The third-order valence-corrected chi connectivity index (χ3v) is 4.10. The molecule has 30 heavy (non-hydrogen) atoms. The van der Waals surface area contributed by atoms with Crippen LogP contribution in [0.3, 0.4) is 0 Å². The highest BCUT2D eigenvalue weighted by molar-refractivity contribution is 5.92. The second-order valence-corrected chi connectivity index (χ2v) is 7.14. The Morgan fingerprint density at radius 3 is 2.43 bits per heavy atom. The molecule has 0 saturated carbocycles. The fraction of sp³-hybridized carbons (Fsp3) is 0.450. The van der Waals surface area contributed by atoms with Crippen molar-refractivity contribution >= 4 is 11.7 Å². The lowest BCUT2D eigenvalue weighted by molar-refractivity contribution is -0.154. The Morgan fingerprint density at radius 2 is 1.87 bits per heavy atom. The summed E-state index contributed by atoms with van der Waals surface area (Å²) in [7, 11) is 0. The SMILES string of the molecule is Cc1cc(C(=O)NC(C)c2ccc(OCC(F)(F)F)nc2)nc(CC(=O)C(C)C)n1. The molecule has 2 heterocycles. The molecule has 2 rings (SSSR count). The minimum Gasteiger partial charge on any atom is -0.468 e. The molecule has 10 heteroatoms. The van der Waals surface area contributed by atoms with Crippen molar-refractivity contribution in [3.8, 4) is 5.88 Å². The summed E-state index contributed by atoms with van der Waals surface area (Å²) in [4.78, 5) is 36.7. The Hall–Kier alpha value is -3.04. The van der Waals surface area contributed by atoms with E-state index in [0.717, 1.165) is 0 Å². The number of amides is 1. The summed E-state index contributed by atoms with van der Waals surface area (Å²) < 4.78 is 41.1. The van der Waals surface area contributed by atoms with Crippen molar-refractivity contribution in [2.24, 2.45) is 5.92 Å². The highest BCUT2D eigenvalue weighted by Gasteiger charge is 2.28. The average molecular weight is 424 g/mol. The first-order chi connectivity index (χ1) is 13.9. The van der Waals surface area contributed by atoms with Crippen LogP contribution in [0.4, 0.5) is 13.2 Å². The number of alkyl halides is 3. The average Bonchev–Trinajstić information content (AvgIpc) is 2.65. The standard InChI is InChI=1S/C20H23F3N4O3/c1-11(2)16(28)8-17-25-12(3)7-15(27-17)19(29)26-13(4)14-5-6-18(24-9-14)30-10-20(21,22)23/h5-7,9,11,13H,8,10H2,1-4H3,(H,26,29). The Bertz CT molecular complexity index is 899. The molecule has 2 aromatic rings. The second-order valence-electron chi connectivity index (χ2n) is 7.14. The van der Waals surface area contributed by atoms with Gasteiger partial charge in [0.25, 0.3) is 5.91 Å². The lowest BCUT2D eigenvalue weighted by Gasteiger charge is -2.15. The van der Waals surface area contributed by atoms with E-state index >= 15 is 0 Å². The van der Waals surface area contributed by atoms with Crippen molar-refractivity contribution in [2.45, 2.75) is 46.3 Å². The summed E-state index contributed by atoms with van der Waals surface area (Å²) in [6.45, 7) is 5.53. The van der Waals surface area contributed by atoms with E-state index in [0.29, 0.717) is 11.3 Å². The lowest BCUT2D eigenvalue weighted by atomic mass is 10.1. The fourth-order valence-electron chi connectivity index (χ4n) is 2.43. The molecule has 0 saturated heterocycles. The van der Waals surface area contributed by atoms with Crippen LogP contribution < -0.4 is 10.1 Å². The number of carbonyl (C=O) groups is 2. The number of pyridine rings is 1. The van der Waals surface area contributed by atoms with E-state index in [1.54, 1.807) is 27.7 Å². The molecular formula is C20H23F3N4O3. The van der Waals surface area contributed by atoms with Gasteiger partial charge in [0.1, 0.15) is 17.3 Å². The number of Topliss-reactive ketones (excluding diaryl/α,β-unsaturated/α-hetero) is 1. The van der Waals surface area contributed by atoms with Crippen LogP contribution in [0, 0.1) is 12.8 Å². The minimum atomic E-state index is -4.45. The maximum atomic E-state index is 12.6. The van der Waals surface area contributed by atoms with Crippen molar-refractivity contribution in [1.29, 1.82) is 0 Å². The molecule has 0 spiro atoms. The van der Waals surface area contributed by atoms with Crippen LogP contribution in [0.25, 0.3) is 0 Å². The minimum absolute atomic E-state index is 0.0285. The first-order valence-electron chi connectivity index (χ1n) is 9.28. The maximum Gasteiger partial charge on any atom is 0.422 e. The summed E-state index contributed by atoms with van der Waals surface area (Å²) in [5, 5.41) is 2.74. The van der Waals surface area contributed by atoms with Gasteiger partial charge in [-0.15, -0.1) is 0 Å². The van der Waals surface area contributed by atoms with Crippen LogP contribution in [0.2, 0.25) is 0 Å². The van der Waals surface area contributed by atoms with Crippen LogP contribution in [0.5, 0.6) is 5.88 Å². The van der Waals surface area contributed by atoms with Gasteiger partial charge in [0.05, 0.1) is 12.5 Å². The molecule has 7 nitrogen and oxygen atoms in total. The second kappa shape index (κ2) is 9.64. The zero-order valence-corrected chi connectivity index (χ0v) is 17.1. The number of aryl methyl sites for hydroxylation is 1. The van der Waals surface area contributed by atoms with E-state index in [1.165, 1.54) is 24.4 Å². The van der Waals surface area contributed by atoms with Crippen LogP contribution in [0.1, 0.15) is 54.4 Å². The smallest absolute Gasteiger partial charge is 0.422 e. The highest BCUT2D eigenvalue weighted by atomic mass is 19.4. The lowest BCUT2D eigenvalue weighted by Crippen LogP contribution is -2.28. The third kappa shape index (κ3) is 7.09. The highest BCUT2D eigenvalue weighted by Crippen LogP contribution is 2.19. The number of rotatable bonds is 8. The monoisotopic (exact) mass is 424 g/mol. The Labute approximate surface area is 172 Å². The molecular weight excluding hydrogens is 401 g/mol. The largest absolute Gasteiger partial charge is 0.468 e. The first kappa shape index (κ1) is 23.2. The zero-order valence-electron chi connectivity index (χ0n) is 17.1. The fourth-order valence-corrected chi connectivity index (χ4v) is 2.43. The van der Waals surface area contributed by atoms with Gasteiger partial charge in [-0.25, -0.2) is 15.0 Å². The summed E-state index contributed by atoms with van der Waals surface area (Å²) in [5.41, 5.74) is 1.25. The Morgan fingerprint density at radius 1 is 1.17 bits per heavy atom. The van der Waals surface area contributed by atoms with Crippen molar-refractivity contribution in [3.63, 3.8) is 0 Å². The van der Waals surface area contributed by atoms with E-state index in [1.807, 2.05) is 0 Å². The van der Waals surface area contributed by atoms with Crippen molar-refractivity contribution in [3.05, 3.63) is 47.2 Å². The number of carbonyl (C=O) groups excluding carboxylic acids is 2. The maximum absolute atomic E-state index is 12.6. The number of aromatic nitrogens is 3. The van der Waals surface area contributed by atoms with E-state index in [-0.39, 0.29) is 35.5 Å². The number of nitrogens with zero attached hydrogens (tertiary/aromatic N) is 3. The Balaban J connectivity index is 2.04. The molecule has 162 valence electrons. The molecule has 0 fully saturated rings. The summed E-state index contributed by atoms with van der Waals surface area (Å²) >= 11 is 0. The molecule has 2 aromatic heterocycles. The van der Waals surface area contributed by atoms with E-state index in [9.17, 15) is 22.8 Å². The Kier molecular flexibility index (Phi) is 7.47. The summed E-state index contributed by atoms with van der Waals surface area (Å²) in [6.07, 6.45) is -3.08. The van der Waals surface area contributed by atoms with Gasteiger partial charge in [0, 0.05) is 23.9 Å². The van der Waals surface area contributed by atoms with Crippen molar-refractivity contribution in [2.75, 3.05) is 6.61 Å². The number of ether oxygens (including phenoxy) is 1. The molecule has 1 N–H and O–H groups in total. The number of hydrogen-bond donors (Lipinski definition) is 1. The van der Waals surface area contributed by atoms with Crippen LogP contribution in [0.15, 0.2) is 24.4 Å². The quantitative estimate of drug-likeness (QED) is 0.698. The third-order valence-electron chi connectivity index (χ3n) is 4.10. The molecule has 1 atom stereocenters. The summed E-state index contributed by atoms with van der Waals surface area (Å²) in [5.74, 6) is -0.551. The van der Waals surface area contributed by atoms with Crippen LogP contribution in [-0.4, -0.2) is 39.4 Å². The van der Waals surface area contributed by atoms with Crippen molar-refractivity contribution < 1.29 is 27.5 Å². The predicted molar refractivity (Wildman–Crippen MR) is 102 cm³/mol. The zero-order chi connectivity index (χ0) is 22.5. The topological polar surface area (TPSA) is 94.1 Å². The van der Waals surface area contributed by atoms with Gasteiger partial charge < -0.3 is 10.1 Å². The number of ketones is 1. The predicted octanol–water partition coefficient (Wildman–Crippen LogP) is 3.38. The molecule has 0 aromatic carbocycles. The molecule has 0 aliphatic heterocycles. The first-order valence-corrected chi connectivity index (χ1v) is 9.28. The van der Waals surface area contributed by atoms with Gasteiger partial charge in [-0.05, 0) is 25.5 Å². The van der Waals surface area contributed by atoms with Gasteiger partial charge in [-0.3, -0.25) is 9.59 Å². The molecule has 0 aliphatic carbocycles. The van der Waals surface area contributed by atoms with Crippen LogP contribution in [-0.2, 0) is 11.2 Å². The molecule has 1 unspecified atom stereocenters. The van der Waals surface area contributed by atoms with E-state index in [2.05, 4.69) is 25.0 Å². The van der Waals surface area contributed by atoms with Gasteiger partial charge in [0.2, 0.25) is 5.88 Å². The normalized spacial score (nSPS) is 12.5. The van der Waals surface area contributed by atoms with Crippen molar-refractivity contribution in [1.82, 2.24) is 20.3 Å². The van der Waals surface area contributed by atoms with Gasteiger partial charge in [-0.2, -0.15) is 13.2 Å². The number of hydrogen-bond acceptors (Lipinski definition) is 6. The molecule has 1 amide bonds. The molecule has 0 aliphatic rings. The van der Waals surface area contributed by atoms with Crippen LogP contribution >= 0.6 is 0 Å². The number of halogens is 3.